The summed E-state index contributed by atoms with van der Waals surface area (Å²) in [6.45, 7) is 1.65. The van der Waals surface area contributed by atoms with Gasteiger partial charge >= 0.3 is 5.69 Å². The summed E-state index contributed by atoms with van der Waals surface area (Å²) < 4.78 is 2.72. The highest BCUT2D eigenvalue weighted by Crippen LogP contribution is 2.33. The van der Waals surface area contributed by atoms with Crippen molar-refractivity contribution in [3.8, 4) is 0 Å². The maximum atomic E-state index is 12.0. The van der Waals surface area contributed by atoms with Gasteiger partial charge < -0.3 is 0 Å². The normalized spacial score (nSPS) is 19.2. The van der Waals surface area contributed by atoms with Gasteiger partial charge in [0.05, 0.1) is 0 Å². The molecule has 0 spiro atoms. The highest BCUT2D eigenvalue weighted by molar-refractivity contribution is 7.07. The second kappa shape index (κ2) is 5.61. The second-order valence-corrected chi connectivity index (χ2v) is 6.34. The van der Waals surface area contributed by atoms with E-state index in [0.29, 0.717) is 12.6 Å². The maximum Gasteiger partial charge on any atom is 0.330 e. The van der Waals surface area contributed by atoms with E-state index in [9.17, 15) is 9.59 Å². The van der Waals surface area contributed by atoms with Crippen molar-refractivity contribution in [1.29, 1.82) is 0 Å². The fourth-order valence-corrected chi connectivity index (χ4v) is 3.70. The molecule has 1 aliphatic rings. The van der Waals surface area contributed by atoms with Crippen LogP contribution in [0.15, 0.2) is 32.5 Å². The minimum atomic E-state index is -0.260. The van der Waals surface area contributed by atoms with Gasteiger partial charge in [0, 0.05) is 38.4 Å². The molecule has 3 heterocycles. The summed E-state index contributed by atoms with van der Waals surface area (Å²) in [6.07, 6.45) is 2.29. The number of aromatic nitrogens is 2. The first-order valence-electron chi connectivity index (χ1n) is 7.10. The summed E-state index contributed by atoms with van der Waals surface area (Å²) in [7, 11) is 3.24. The molecular weight excluding hydrogens is 286 g/mol. The van der Waals surface area contributed by atoms with Crippen LogP contribution in [-0.4, -0.2) is 20.6 Å². The average molecular weight is 305 g/mol. The Morgan fingerprint density at radius 3 is 2.81 bits per heavy atom. The lowest BCUT2D eigenvalue weighted by Crippen LogP contribution is -2.39. The zero-order chi connectivity index (χ0) is 15.0. The highest BCUT2D eigenvalue weighted by atomic mass is 32.1. The molecule has 0 aromatic carbocycles. The Morgan fingerprint density at radius 2 is 2.10 bits per heavy atom. The van der Waals surface area contributed by atoms with Crippen molar-refractivity contribution in [2.24, 2.45) is 14.1 Å². The van der Waals surface area contributed by atoms with E-state index in [2.05, 4.69) is 21.7 Å². The van der Waals surface area contributed by atoms with Crippen LogP contribution >= 0.6 is 11.3 Å². The Labute approximate surface area is 127 Å². The molecule has 2 aromatic rings. The lowest BCUT2D eigenvalue weighted by Gasteiger charge is -2.24. The van der Waals surface area contributed by atoms with Crippen molar-refractivity contribution in [3.63, 3.8) is 0 Å². The Kier molecular flexibility index (Phi) is 3.82. The predicted molar refractivity (Wildman–Crippen MR) is 83.6 cm³/mol. The van der Waals surface area contributed by atoms with E-state index < -0.39 is 0 Å². The SMILES string of the molecule is Cn1c(CN2CCC[C@@H]2c2ccsc2)cc(=O)n(C)c1=O. The zero-order valence-corrected chi connectivity index (χ0v) is 13.1. The highest BCUT2D eigenvalue weighted by Gasteiger charge is 2.27. The second-order valence-electron chi connectivity index (χ2n) is 5.56. The summed E-state index contributed by atoms with van der Waals surface area (Å²) in [5, 5.41) is 4.28. The number of hydrogen-bond acceptors (Lipinski definition) is 4. The average Bonchev–Trinajstić information content (AvgIpc) is 3.12. The molecule has 0 aliphatic carbocycles. The van der Waals surface area contributed by atoms with E-state index in [1.54, 1.807) is 29.0 Å². The van der Waals surface area contributed by atoms with Gasteiger partial charge in [-0.25, -0.2) is 4.79 Å². The standard InChI is InChI=1S/C15H19N3O2S/c1-16-12(8-14(19)17(2)15(16)20)9-18-6-3-4-13(18)11-5-7-21-10-11/h5,7-8,10,13H,3-4,6,9H2,1-2H3/t13-/m1/s1. The fourth-order valence-electron chi connectivity index (χ4n) is 3.00. The molecule has 0 N–H and O–H groups in total. The fraction of sp³-hybridized carbons (Fsp3) is 0.467. The topological polar surface area (TPSA) is 47.2 Å². The summed E-state index contributed by atoms with van der Waals surface area (Å²) in [5.41, 5.74) is 1.62. The Bertz CT molecular complexity index is 745. The van der Waals surface area contributed by atoms with E-state index in [1.807, 2.05) is 0 Å². The molecular formula is C15H19N3O2S. The molecule has 0 unspecified atom stereocenters. The molecule has 5 nitrogen and oxygen atoms in total. The Morgan fingerprint density at radius 1 is 1.29 bits per heavy atom. The van der Waals surface area contributed by atoms with Gasteiger partial charge in [0.2, 0.25) is 0 Å². The van der Waals surface area contributed by atoms with E-state index in [1.165, 1.54) is 12.6 Å². The molecule has 2 aromatic heterocycles. The van der Waals surface area contributed by atoms with Crippen molar-refractivity contribution in [2.45, 2.75) is 25.4 Å². The molecule has 21 heavy (non-hydrogen) atoms. The molecule has 3 rings (SSSR count). The molecule has 1 fully saturated rings. The third-order valence-electron chi connectivity index (χ3n) is 4.28. The largest absolute Gasteiger partial charge is 0.330 e. The minimum Gasteiger partial charge on any atom is -0.299 e. The molecule has 112 valence electrons. The summed E-state index contributed by atoms with van der Waals surface area (Å²) in [6, 6.07) is 4.14. The lowest BCUT2D eigenvalue weighted by atomic mass is 10.1. The van der Waals surface area contributed by atoms with Gasteiger partial charge in [-0.2, -0.15) is 11.3 Å². The molecule has 6 heteroatoms. The van der Waals surface area contributed by atoms with Crippen molar-refractivity contribution >= 4 is 11.3 Å². The molecule has 1 atom stereocenters. The van der Waals surface area contributed by atoms with Gasteiger partial charge in [-0.15, -0.1) is 0 Å². The lowest BCUT2D eigenvalue weighted by molar-refractivity contribution is 0.241. The van der Waals surface area contributed by atoms with E-state index in [-0.39, 0.29) is 11.2 Å². The Balaban J connectivity index is 1.90. The van der Waals surface area contributed by atoms with Gasteiger partial charge in [0.25, 0.3) is 5.56 Å². The third kappa shape index (κ3) is 2.61. The van der Waals surface area contributed by atoms with Crippen molar-refractivity contribution in [2.75, 3.05) is 6.54 Å². The summed E-state index contributed by atoms with van der Waals surface area (Å²) in [5.74, 6) is 0. The quantitative estimate of drug-likeness (QED) is 0.863. The summed E-state index contributed by atoms with van der Waals surface area (Å²) >= 11 is 1.71. The van der Waals surface area contributed by atoms with E-state index >= 15 is 0 Å². The van der Waals surface area contributed by atoms with Crippen LogP contribution in [0.3, 0.4) is 0 Å². The number of hydrogen-bond donors (Lipinski definition) is 0. The van der Waals surface area contributed by atoms with Crippen LogP contribution in [-0.2, 0) is 20.6 Å². The van der Waals surface area contributed by atoms with Gasteiger partial charge in [-0.1, -0.05) is 0 Å². The third-order valence-corrected chi connectivity index (χ3v) is 4.98. The monoisotopic (exact) mass is 305 g/mol. The van der Waals surface area contributed by atoms with Crippen molar-refractivity contribution in [1.82, 2.24) is 14.0 Å². The number of likely N-dealkylation sites (tertiary alicyclic amines) is 1. The molecule has 0 amide bonds. The van der Waals surface area contributed by atoms with Gasteiger partial charge in [-0.05, 0) is 41.8 Å². The molecule has 1 aliphatic heterocycles. The van der Waals surface area contributed by atoms with Crippen LogP contribution in [0.4, 0.5) is 0 Å². The van der Waals surface area contributed by atoms with Crippen LogP contribution < -0.4 is 11.2 Å². The van der Waals surface area contributed by atoms with Crippen LogP contribution in [0.5, 0.6) is 0 Å². The summed E-state index contributed by atoms with van der Waals surface area (Å²) in [4.78, 5) is 26.2. The van der Waals surface area contributed by atoms with Crippen molar-refractivity contribution < 1.29 is 0 Å². The smallest absolute Gasteiger partial charge is 0.299 e. The first-order valence-corrected chi connectivity index (χ1v) is 8.04. The number of thiophene rings is 1. The van der Waals surface area contributed by atoms with E-state index in [4.69, 9.17) is 0 Å². The molecule has 1 saturated heterocycles. The van der Waals surface area contributed by atoms with Crippen LogP contribution in [0, 0.1) is 0 Å². The van der Waals surface area contributed by atoms with E-state index in [0.717, 1.165) is 29.6 Å². The zero-order valence-electron chi connectivity index (χ0n) is 12.3. The first kappa shape index (κ1) is 14.3. The first-order chi connectivity index (χ1) is 10.1. The molecule has 0 saturated carbocycles. The van der Waals surface area contributed by atoms with Gasteiger partial charge in [-0.3, -0.25) is 18.8 Å². The Hall–Kier alpha value is -1.66. The minimum absolute atomic E-state index is 0.237. The van der Waals surface area contributed by atoms with Gasteiger partial charge in [0.15, 0.2) is 0 Å². The molecule has 0 radical (unpaired) electrons. The predicted octanol–water partition coefficient (Wildman–Crippen LogP) is 1.48. The van der Waals surface area contributed by atoms with Crippen molar-refractivity contribution in [3.05, 3.63) is 55.0 Å². The van der Waals surface area contributed by atoms with Crippen LogP contribution in [0.2, 0.25) is 0 Å². The van der Waals surface area contributed by atoms with Gasteiger partial charge in [0.1, 0.15) is 0 Å². The molecule has 0 bridgehead atoms. The maximum absolute atomic E-state index is 12.0. The van der Waals surface area contributed by atoms with Crippen LogP contribution in [0.1, 0.15) is 30.1 Å². The number of nitrogens with zero attached hydrogens (tertiary/aromatic N) is 3. The van der Waals surface area contributed by atoms with Crippen LogP contribution in [0.25, 0.3) is 0 Å². The number of rotatable bonds is 3.